The van der Waals surface area contributed by atoms with Gasteiger partial charge >= 0.3 is 0 Å². The molecule has 0 bridgehead atoms. The number of aromatic nitrogens is 2. The van der Waals surface area contributed by atoms with Crippen molar-refractivity contribution in [2.45, 2.75) is 31.3 Å². The quantitative estimate of drug-likeness (QED) is 0.393. The molecule has 9 heteroatoms. The topological polar surface area (TPSA) is 87.3 Å². The molecule has 0 fully saturated rings. The number of rotatable bonds is 6. The first-order valence-corrected chi connectivity index (χ1v) is 13.8. The highest BCUT2D eigenvalue weighted by Gasteiger charge is 2.25. The molecule has 0 radical (unpaired) electrons. The second kappa shape index (κ2) is 10.4. The van der Waals surface area contributed by atoms with E-state index in [9.17, 15) is 9.00 Å². The van der Waals surface area contributed by atoms with E-state index >= 15 is 4.39 Å². The fourth-order valence-electron chi connectivity index (χ4n) is 4.78. The number of fused-ring (bicyclic) bond motifs is 2. The molecule has 1 aliphatic heterocycles. The number of ether oxygens (including phenoxy) is 1. The normalized spacial score (nSPS) is 14.2. The number of amides is 1. The molecule has 3 aromatic carbocycles. The number of nitrogens with zero attached hydrogens (tertiary/aromatic N) is 2. The molecule has 0 saturated heterocycles. The highest BCUT2D eigenvalue weighted by Crippen LogP contribution is 2.32. The molecule has 37 heavy (non-hydrogen) atoms. The molecule has 1 atom stereocenters. The van der Waals surface area contributed by atoms with Gasteiger partial charge in [-0.3, -0.25) is 9.00 Å². The summed E-state index contributed by atoms with van der Waals surface area (Å²) >= 11 is 0. The number of H-pyrrole nitrogens is 1. The first kappa shape index (κ1) is 25.1. The first-order chi connectivity index (χ1) is 17.9. The van der Waals surface area contributed by atoms with Gasteiger partial charge in [0.25, 0.3) is 5.91 Å². The van der Waals surface area contributed by atoms with E-state index in [1.165, 1.54) is 12.3 Å². The molecule has 5 rings (SSSR count). The second-order valence-electron chi connectivity index (χ2n) is 9.05. The molecular formula is C28H29FN4O3S. The fraction of sp³-hybridized carbons (Fsp3) is 0.286. The maximum Gasteiger partial charge on any atom is 0.254 e. The number of hydrogen-bond acceptors (Lipinski definition) is 5. The maximum absolute atomic E-state index is 15.0. The van der Waals surface area contributed by atoms with Crippen molar-refractivity contribution in [1.82, 2.24) is 20.2 Å². The van der Waals surface area contributed by atoms with E-state index in [1.54, 1.807) is 17.9 Å². The highest BCUT2D eigenvalue weighted by atomic mass is 32.2. The lowest BCUT2D eigenvalue weighted by atomic mass is 10.0. The molecule has 0 saturated carbocycles. The van der Waals surface area contributed by atoms with Crippen molar-refractivity contribution in [2.24, 2.45) is 0 Å². The second-order valence-corrected chi connectivity index (χ2v) is 10.4. The van der Waals surface area contributed by atoms with Crippen LogP contribution < -0.4 is 10.1 Å². The Labute approximate surface area is 217 Å². The number of hydrogen-bond donors (Lipinski definition) is 2. The van der Waals surface area contributed by atoms with E-state index in [0.717, 1.165) is 39.3 Å². The van der Waals surface area contributed by atoms with Crippen LogP contribution in [0.2, 0.25) is 0 Å². The van der Waals surface area contributed by atoms with Gasteiger partial charge in [0.2, 0.25) is 0 Å². The van der Waals surface area contributed by atoms with Crippen LogP contribution in [0.5, 0.6) is 5.75 Å². The minimum Gasteiger partial charge on any atom is -0.491 e. The average molecular weight is 521 g/mol. The summed E-state index contributed by atoms with van der Waals surface area (Å²) in [5.41, 5.74) is 5.36. The number of benzene rings is 3. The van der Waals surface area contributed by atoms with E-state index in [1.807, 2.05) is 37.4 Å². The Morgan fingerprint density at radius 1 is 1.19 bits per heavy atom. The number of imidazole rings is 1. The van der Waals surface area contributed by atoms with E-state index in [4.69, 9.17) is 4.74 Å². The molecule has 1 aliphatic rings. The zero-order valence-corrected chi connectivity index (χ0v) is 21.9. The van der Waals surface area contributed by atoms with Gasteiger partial charge in [0.05, 0.1) is 39.8 Å². The molecule has 2 N–H and O–H groups in total. The molecule has 7 nitrogen and oxygen atoms in total. The van der Waals surface area contributed by atoms with Crippen LogP contribution in [0.1, 0.15) is 34.2 Å². The lowest BCUT2D eigenvalue weighted by Gasteiger charge is -2.22. The van der Waals surface area contributed by atoms with Gasteiger partial charge in [-0.1, -0.05) is 19.1 Å². The molecule has 0 spiro atoms. The summed E-state index contributed by atoms with van der Waals surface area (Å²) < 4.78 is 32.9. The predicted molar refractivity (Wildman–Crippen MR) is 143 cm³/mol. The van der Waals surface area contributed by atoms with Crippen LogP contribution in [0.3, 0.4) is 0 Å². The van der Waals surface area contributed by atoms with Crippen LogP contribution in [0.25, 0.3) is 22.2 Å². The average Bonchev–Trinajstić information content (AvgIpc) is 3.17. The van der Waals surface area contributed by atoms with E-state index < -0.39 is 16.6 Å². The maximum atomic E-state index is 15.0. The van der Waals surface area contributed by atoms with Crippen molar-refractivity contribution in [3.05, 3.63) is 76.9 Å². The van der Waals surface area contributed by atoms with Gasteiger partial charge in [-0.05, 0) is 61.0 Å². The Balaban J connectivity index is 1.45. The zero-order valence-electron chi connectivity index (χ0n) is 21.1. The summed E-state index contributed by atoms with van der Waals surface area (Å²) in [6.45, 7) is 3.51. The van der Waals surface area contributed by atoms with Gasteiger partial charge in [-0.2, -0.15) is 0 Å². The molecule has 4 aromatic rings. The Kier molecular flexibility index (Phi) is 7.08. The molecule has 192 valence electrons. The predicted octanol–water partition coefficient (Wildman–Crippen LogP) is 4.42. The van der Waals surface area contributed by atoms with Crippen molar-refractivity contribution < 1.29 is 18.1 Å². The third kappa shape index (κ3) is 4.89. The van der Waals surface area contributed by atoms with Crippen LogP contribution in [0.4, 0.5) is 4.39 Å². The Bertz CT molecular complexity index is 1520. The van der Waals surface area contributed by atoms with E-state index in [2.05, 4.69) is 21.4 Å². The molecule has 1 unspecified atom stereocenters. The SMILES string of the molecule is CCc1c(C(=O)N2CCOc3ccc(-c4ccc5nc(CNC)[nH]c5c4)cc3C2)ccc(S(C)=O)c1F. The summed E-state index contributed by atoms with van der Waals surface area (Å²) in [6, 6.07) is 15.1. The molecule has 0 aliphatic carbocycles. The number of nitrogens with one attached hydrogen (secondary N) is 2. The number of carbonyl (C=O) groups is 1. The number of aromatic amines is 1. The minimum atomic E-state index is -1.47. The lowest BCUT2D eigenvalue weighted by Crippen LogP contribution is -2.33. The van der Waals surface area contributed by atoms with Crippen molar-refractivity contribution >= 4 is 27.7 Å². The van der Waals surface area contributed by atoms with Crippen LogP contribution in [-0.2, 0) is 30.3 Å². The summed E-state index contributed by atoms with van der Waals surface area (Å²) in [7, 11) is 0.411. The summed E-state index contributed by atoms with van der Waals surface area (Å²) in [6.07, 6.45) is 1.76. The van der Waals surface area contributed by atoms with Gasteiger partial charge in [-0.25, -0.2) is 9.37 Å². The van der Waals surface area contributed by atoms with Crippen molar-refractivity contribution in [3.8, 4) is 16.9 Å². The minimum absolute atomic E-state index is 0.120. The standard InChI is InChI=1S/C28H29FN4O3S/c1-4-20-21(7-10-25(27(20)29)37(3)35)28(34)33-11-12-36-24-9-6-17(13-19(24)16-33)18-5-8-22-23(14-18)32-26(31-22)15-30-2/h5-10,13-14,30H,4,11-12,15-16H2,1-3H3,(H,31,32). The van der Waals surface area contributed by atoms with Crippen LogP contribution in [0.15, 0.2) is 53.4 Å². The highest BCUT2D eigenvalue weighted by molar-refractivity contribution is 7.84. The third-order valence-electron chi connectivity index (χ3n) is 6.64. The first-order valence-electron chi connectivity index (χ1n) is 12.2. The van der Waals surface area contributed by atoms with Gasteiger partial charge in [-0.15, -0.1) is 0 Å². The van der Waals surface area contributed by atoms with Crippen LogP contribution >= 0.6 is 0 Å². The number of carbonyl (C=O) groups excluding carboxylic acids is 1. The molecule has 1 amide bonds. The molecule has 2 heterocycles. The summed E-state index contributed by atoms with van der Waals surface area (Å²) in [5, 5.41) is 3.10. The van der Waals surface area contributed by atoms with Crippen LogP contribution in [-0.4, -0.2) is 51.4 Å². The Morgan fingerprint density at radius 3 is 2.73 bits per heavy atom. The number of halogens is 1. The van der Waals surface area contributed by atoms with Crippen LogP contribution in [0, 0.1) is 5.82 Å². The smallest absolute Gasteiger partial charge is 0.254 e. The largest absolute Gasteiger partial charge is 0.491 e. The van der Waals surface area contributed by atoms with Gasteiger partial charge in [0, 0.05) is 29.5 Å². The third-order valence-corrected chi connectivity index (χ3v) is 7.57. The van der Waals surface area contributed by atoms with Crippen molar-refractivity contribution in [3.63, 3.8) is 0 Å². The van der Waals surface area contributed by atoms with Crippen molar-refractivity contribution in [2.75, 3.05) is 26.5 Å². The van der Waals surface area contributed by atoms with Gasteiger partial charge in [0.15, 0.2) is 0 Å². The lowest BCUT2D eigenvalue weighted by molar-refractivity contribution is 0.0731. The van der Waals surface area contributed by atoms with Crippen molar-refractivity contribution in [1.29, 1.82) is 0 Å². The van der Waals surface area contributed by atoms with E-state index in [0.29, 0.717) is 43.8 Å². The summed E-state index contributed by atoms with van der Waals surface area (Å²) in [4.78, 5) is 23.3. The van der Waals surface area contributed by atoms with E-state index in [-0.39, 0.29) is 10.8 Å². The molecular weight excluding hydrogens is 491 g/mol. The Hall–Kier alpha value is -3.56. The molecule has 1 aromatic heterocycles. The Morgan fingerprint density at radius 2 is 1.97 bits per heavy atom. The zero-order chi connectivity index (χ0) is 26.1. The van der Waals surface area contributed by atoms with Gasteiger partial charge in [0.1, 0.15) is 24.0 Å². The monoisotopic (exact) mass is 520 g/mol. The summed E-state index contributed by atoms with van der Waals surface area (Å²) in [5.74, 6) is 0.786. The fourth-order valence-corrected chi connectivity index (χ4v) is 5.41. The van der Waals surface area contributed by atoms with Gasteiger partial charge < -0.3 is 19.9 Å².